The first kappa shape index (κ1) is 17.9. The van der Waals surface area contributed by atoms with Crippen molar-refractivity contribution in [2.75, 3.05) is 12.9 Å². The minimum Gasteiger partial charge on any atom is -0.493 e. The third kappa shape index (κ3) is 4.60. The van der Waals surface area contributed by atoms with Gasteiger partial charge in [-0.05, 0) is 29.8 Å². The summed E-state index contributed by atoms with van der Waals surface area (Å²) in [4.78, 5) is 11.1. The molecule has 0 spiro atoms. The number of amidine groups is 1. The van der Waals surface area contributed by atoms with Crippen LogP contribution in [0.15, 0.2) is 52.7 Å². The fourth-order valence-electron chi connectivity index (χ4n) is 2.18. The van der Waals surface area contributed by atoms with E-state index in [-0.39, 0.29) is 18.3 Å². The van der Waals surface area contributed by atoms with E-state index >= 15 is 0 Å². The zero-order chi connectivity index (χ0) is 18.4. The Bertz CT molecular complexity index is 871. The third-order valence-electron chi connectivity index (χ3n) is 3.47. The van der Waals surface area contributed by atoms with Crippen molar-refractivity contribution in [3.05, 3.63) is 59.4 Å². The van der Waals surface area contributed by atoms with E-state index in [4.69, 9.17) is 9.47 Å². The van der Waals surface area contributed by atoms with Gasteiger partial charge in [0.2, 0.25) is 5.91 Å². The lowest BCUT2D eigenvalue weighted by Crippen LogP contribution is -2.19. The van der Waals surface area contributed by atoms with Gasteiger partial charge in [-0.15, -0.1) is 5.10 Å². The van der Waals surface area contributed by atoms with E-state index in [1.165, 1.54) is 24.9 Å². The SMILES string of the molecule is COc1cc(C=NN=C2NC(=O)CS2)ccc1OCc1ccccc1F. The molecule has 1 heterocycles. The van der Waals surface area contributed by atoms with Crippen LogP contribution in [0.5, 0.6) is 11.5 Å². The summed E-state index contributed by atoms with van der Waals surface area (Å²) in [7, 11) is 1.52. The zero-order valence-electron chi connectivity index (χ0n) is 13.9. The Balaban J connectivity index is 1.67. The number of ether oxygens (including phenoxy) is 2. The Kier molecular flexibility index (Phi) is 5.85. The van der Waals surface area contributed by atoms with Crippen LogP contribution >= 0.6 is 11.8 Å². The van der Waals surface area contributed by atoms with Crippen molar-refractivity contribution >= 4 is 29.1 Å². The second-order valence-electron chi connectivity index (χ2n) is 5.28. The fourth-order valence-corrected chi connectivity index (χ4v) is 2.81. The van der Waals surface area contributed by atoms with Crippen LogP contribution in [0.4, 0.5) is 4.39 Å². The predicted octanol–water partition coefficient (Wildman–Crippen LogP) is 2.97. The van der Waals surface area contributed by atoms with Crippen molar-refractivity contribution in [3.8, 4) is 11.5 Å². The molecular weight excluding hydrogens is 357 g/mol. The van der Waals surface area contributed by atoms with Gasteiger partial charge in [-0.3, -0.25) is 4.79 Å². The molecule has 2 aromatic rings. The average molecular weight is 373 g/mol. The highest BCUT2D eigenvalue weighted by molar-refractivity contribution is 8.15. The van der Waals surface area contributed by atoms with Gasteiger partial charge in [0.05, 0.1) is 19.1 Å². The van der Waals surface area contributed by atoms with Crippen LogP contribution in [0.3, 0.4) is 0 Å². The molecule has 0 radical (unpaired) electrons. The summed E-state index contributed by atoms with van der Waals surface area (Å²) in [6, 6.07) is 11.7. The van der Waals surface area contributed by atoms with Crippen LogP contribution in [0.25, 0.3) is 0 Å². The van der Waals surface area contributed by atoms with Gasteiger partial charge in [0, 0.05) is 5.56 Å². The van der Waals surface area contributed by atoms with Gasteiger partial charge in [0.1, 0.15) is 12.4 Å². The summed E-state index contributed by atoms with van der Waals surface area (Å²) < 4.78 is 24.6. The standard InChI is InChI=1S/C18H16FN3O3S/c1-24-16-8-12(9-20-22-18-21-17(23)11-26-18)6-7-15(16)25-10-13-4-2-3-5-14(13)19/h2-9H,10-11H2,1H3,(H,21,22,23). The van der Waals surface area contributed by atoms with Crippen LogP contribution in [-0.2, 0) is 11.4 Å². The summed E-state index contributed by atoms with van der Waals surface area (Å²) in [5.74, 6) is 0.962. The molecule has 0 saturated carbocycles. The van der Waals surface area contributed by atoms with E-state index in [1.807, 2.05) is 0 Å². The van der Waals surface area contributed by atoms with Gasteiger partial charge in [-0.1, -0.05) is 30.0 Å². The maximum absolute atomic E-state index is 13.7. The van der Waals surface area contributed by atoms with Gasteiger partial charge < -0.3 is 14.8 Å². The van der Waals surface area contributed by atoms with Crippen molar-refractivity contribution in [2.45, 2.75) is 6.61 Å². The first-order valence-electron chi connectivity index (χ1n) is 7.73. The average Bonchev–Trinajstić information content (AvgIpc) is 3.06. The first-order valence-corrected chi connectivity index (χ1v) is 8.72. The molecule has 1 aliphatic rings. The first-order chi connectivity index (χ1) is 12.7. The van der Waals surface area contributed by atoms with Crippen LogP contribution in [0.2, 0.25) is 0 Å². The Labute approximate surface area is 154 Å². The van der Waals surface area contributed by atoms with Gasteiger partial charge in [-0.25, -0.2) is 4.39 Å². The van der Waals surface area contributed by atoms with E-state index in [0.29, 0.717) is 28.0 Å². The highest BCUT2D eigenvalue weighted by Gasteiger charge is 2.16. The fraction of sp³-hybridized carbons (Fsp3) is 0.167. The second kappa shape index (κ2) is 8.48. The Hall–Kier alpha value is -2.87. The number of rotatable bonds is 6. The van der Waals surface area contributed by atoms with Gasteiger partial charge >= 0.3 is 0 Å². The molecule has 134 valence electrons. The van der Waals surface area contributed by atoms with Crippen LogP contribution in [0.1, 0.15) is 11.1 Å². The number of amides is 1. The summed E-state index contributed by atoms with van der Waals surface area (Å²) in [6.45, 7) is 0.0983. The molecular formula is C18H16FN3O3S. The molecule has 8 heteroatoms. The number of hydrogen-bond acceptors (Lipinski definition) is 6. The van der Waals surface area contributed by atoms with Crippen LogP contribution in [-0.4, -0.2) is 30.2 Å². The van der Waals surface area contributed by atoms with Crippen molar-refractivity contribution in [3.63, 3.8) is 0 Å². The number of halogens is 1. The van der Waals surface area contributed by atoms with Crippen LogP contribution in [0, 0.1) is 5.82 Å². The summed E-state index contributed by atoms with van der Waals surface area (Å²) >= 11 is 1.30. The number of carbonyl (C=O) groups excluding carboxylic acids is 1. The predicted molar refractivity (Wildman–Crippen MR) is 99.4 cm³/mol. The van der Waals surface area contributed by atoms with Crippen molar-refractivity contribution in [1.82, 2.24) is 5.32 Å². The molecule has 1 saturated heterocycles. The third-order valence-corrected chi connectivity index (χ3v) is 4.33. The van der Waals surface area contributed by atoms with E-state index in [0.717, 1.165) is 5.56 Å². The quantitative estimate of drug-likeness (QED) is 0.624. The normalized spacial score (nSPS) is 15.5. The second-order valence-corrected chi connectivity index (χ2v) is 6.24. The van der Waals surface area contributed by atoms with Gasteiger partial charge in [0.25, 0.3) is 0 Å². The number of benzene rings is 2. The molecule has 3 rings (SSSR count). The number of methoxy groups -OCH3 is 1. The highest BCUT2D eigenvalue weighted by Crippen LogP contribution is 2.28. The number of carbonyl (C=O) groups is 1. The van der Waals surface area contributed by atoms with Gasteiger partial charge in [-0.2, -0.15) is 5.10 Å². The smallest absolute Gasteiger partial charge is 0.236 e. The van der Waals surface area contributed by atoms with Crippen LogP contribution < -0.4 is 14.8 Å². The summed E-state index contributed by atoms with van der Waals surface area (Å²) in [5.41, 5.74) is 1.21. The lowest BCUT2D eigenvalue weighted by molar-refractivity contribution is -0.116. The summed E-state index contributed by atoms with van der Waals surface area (Å²) in [5, 5.41) is 11.0. The van der Waals surface area contributed by atoms with Crippen molar-refractivity contribution < 1.29 is 18.7 Å². The molecule has 0 atom stereocenters. The molecule has 26 heavy (non-hydrogen) atoms. The van der Waals surface area contributed by atoms with E-state index in [9.17, 15) is 9.18 Å². The lowest BCUT2D eigenvalue weighted by atomic mass is 10.2. The number of thioether (sulfide) groups is 1. The molecule has 2 aromatic carbocycles. The molecule has 6 nitrogen and oxygen atoms in total. The topological polar surface area (TPSA) is 72.3 Å². The number of hydrogen-bond donors (Lipinski definition) is 1. The highest BCUT2D eigenvalue weighted by atomic mass is 32.2. The molecule has 0 bridgehead atoms. The molecule has 0 aromatic heterocycles. The maximum atomic E-state index is 13.7. The molecule has 0 unspecified atom stereocenters. The Morgan fingerprint density at radius 2 is 2.12 bits per heavy atom. The minimum absolute atomic E-state index is 0.0815. The molecule has 1 aliphatic heterocycles. The number of nitrogens with zero attached hydrogens (tertiary/aromatic N) is 2. The van der Waals surface area contributed by atoms with E-state index in [1.54, 1.807) is 42.6 Å². The summed E-state index contributed by atoms with van der Waals surface area (Å²) in [6.07, 6.45) is 1.54. The van der Waals surface area contributed by atoms with Gasteiger partial charge in [0.15, 0.2) is 16.7 Å². The molecule has 1 N–H and O–H groups in total. The zero-order valence-corrected chi connectivity index (χ0v) is 14.8. The maximum Gasteiger partial charge on any atom is 0.236 e. The molecule has 1 fully saturated rings. The number of nitrogens with one attached hydrogen (secondary N) is 1. The van der Waals surface area contributed by atoms with E-state index in [2.05, 4.69) is 15.5 Å². The Morgan fingerprint density at radius 3 is 2.85 bits per heavy atom. The lowest BCUT2D eigenvalue weighted by Gasteiger charge is -2.11. The van der Waals surface area contributed by atoms with Crippen molar-refractivity contribution in [1.29, 1.82) is 0 Å². The Morgan fingerprint density at radius 1 is 1.27 bits per heavy atom. The monoisotopic (exact) mass is 373 g/mol. The van der Waals surface area contributed by atoms with E-state index < -0.39 is 0 Å². The minimum atomic E-state index is -0.314. The van der Waals surface area contributed by atoms with Crippen molar-refractivity contribution in [2.24, 2.45) is 10.2 Å². The molecule has 1 amide bonds. The largest absolute Gasteiger partial charge is 0.493 e. The molecule has 0 aliphatic carbocycles.